The minimum absolute atomic E-state index is 0.0276. The molecule has 2 aliphatic rings. The third-order valence-electron chi connectivity index (χ3n) is 5.31. The van der Waals surface area contributed by atoms with Crippen molar-refractivity contribution in [2.75, 3.05) is 14.2 Å². The van der Waals surface area contributed by atoms with Gasteiger partial charge in [-0.05, 0) is 41.8 Å². The molecular formula is C22H18Cl2N2O3S. The van der Waals surface area contributed by atoms with Crippen molar-refractivity contribution in [3.63, 3.8) is 0 Å². The largest absolute Gasteiger partial charge is 0.493 e. The first kappa shape index (κ1) is 19.5. The molecule has 0 saturated carbocycles. The molecule has 2 aromatic carbocycles. The van der Waals surface area contributed by atoms with Crippen LogP contribution in [0.4, 0.5) is 0 Å². The van der Waals surface area contributed by atoms with Crippen LogP contribution in [0.5, 0.6) is 17.2 Å². The molecule has 5 rings (SSSR count). The number of halogens is 2. The van der Waals surface area contributed by atoms with E-state index in [0.29, 0.717) is 33.7 Å². The van der Waals surface area contributed by atoms with Gasteiger partial charge in [0.05, 0.1) is 35.9 Å². The van der Waals surface area contributed by atoms with Gasteiger partial charge in [0.25, 0.3) is 0 Å². The molecule has 0 saturated heterocycles. The molecule has 30 heavy (non-hydrogen) atoms. The minimum Gasteiger partial charge on any atom is -0.493 e. The fourth-order valence-electron chi connectivity index (χ4n) is 3.92. The average Bonchev–Trinajstić information content (AvgIpc) is 3.43. The molecular weight excluding hydrogens is 443 g/mol. The molecule has 2 aliphatic heterocycles. The zero-order chi connectivity index (χ0) is 20.8. The SMILES string of the molecule is COc1ccc(C2=NN3[C@H](C2)c2cc(Cl)cc(Cl)c2O[C@H]3c2cccs2)cc1OC. The zero-order valence-corrected chi connectivity index (χ0v) is 18.6. The Labute approximate surface area is 188 Å². The monoisotopic (exact) mass is 460 g/mol. The van der Waals surface area contributed by atoms with Crippen molar-refractivity contribution in [3.8, 4) is 17.2 Å². The van der Waals surface area contributed by atoms with Gasteiger partial charge in [0.15, 0.2) is 11.5 Å². The topological polar surface area (TPSA) is 43.3 Å². The van der Waals surface area contributed by atoms with Crippen LogP contribution in [0.1, 0.15) is 34.7 Å². The highest BCUT2D eigenvalue weighted by molar-refractivity contribution is 7.10. The molecule has 5 nitrogen and oxygen atoms in total. The van der Waals surface area contributed by atoms with E-state index in [0.717, 1.165) is 21.7 Å². The van der Waals surface area contributed by atoms with Crippen LogP contribution >= 0.6 is 34.5 Å². The third kappa shape index (κ3) is 3.20. The van der Waals surface area contributed by atoms with E-state index in [9.17, 15) is 0 Å². The predicted molar refractivity (Wildman–Crippen MR) is 119 cm³/mol. The van der Waals surface area contributed by atoms with E-state index < -0.39 is 0 Å². The lowest BCUT2D eigenvalue weighted by Crippen LogP contribution is -2.33. The van der Waals surface area contributed by atoms with E-state index in [1.54, 1.807) is 31.6 Å². The quantitative estimate of drug-likeness (QED) is 0.457. The van der Waals surface area contributed by atoms with Crippen LogP contribution in [0.25, 0.3) is 0 Å². The number of hydrogen-bond acceptors (Lipinski definition) is 6. The normalized spacial score (nSPS) is 19.6. The number of nitrogens with zero attached hydrogens (tertiary/aromatic N) is 2. The van der Waals surface area contributed by atoms with E-state index in [2.05, 4.69) is 0 Å². The van der Waals surface area contributed by atoms with Gasteiger partial charge in [0.1, 0.15) is 5.75 Å². The lowest BCUT2D eigenvalue weighted by Gasteiger charge is -2.38. The number of ether oxygens (including phenoxy) is 3. The lowest BCUT2D eigenvalue weighted by molar-refractivity contribution is -0.0165. The van der Waals surface area contributed by atoms with Crippen LogP contribution in [0.2, 0.25) is 10.0 Å². The molecule has 154 valence electrons. The molecule has 0 N–H and O–H groups in total. The van der Waals surface area contributed by atoms with Crippen molar-refractivity contribution in [1.82, 2.24) is 5.01 Å². The molecule has 0 unspecified atom stereocenters. The van der Waals surface area contributed by atoms with E-state index in [1.165, 1.54) is 0 Å². The Hall–Kier alpha value is -2.41. The number of methoxy groups -OCH3 is 2. The molecule has 2 atom stereocenters. The van der Waals surface area contributed by atoms with Gasteiger partial charge in [-0.15, -0.1) is 11.3 Å². The van der Waals surface area contributed by atoms with Crippen molar-refractivity contribution in [3.05, 3.63) is 73.9 Å². The van der Waals surface area contributed by atoms with Crippen LogP contribution < -0.4 is 14.2 Å². The standard InChI is InChI=1S/C22H18Cl2N2O3S/c1-27-18-6-5-12(8-19(18)28-2)16-11-17-14-9-13(23)10-15(24)21(14)29-22(26(17)25-16)20-4-3-7-30-20/h3-10,17,22H,11H2,1-2H3/t17-,22+/m1/s1. The zero-order valence-electron chi connectivity index (χ0n) is 16.3. The van der Waals surface area contributed by atoms with Crippen LogP contribution in [-0.4, -0.2) is 24.9 Å². The Morgan fingerprint density at radius 3 is 2.67 bits per heavy atom. The van der Waals surface area contributed by atoms with Gasteiger partial charge in [-0.25, -0.2) is 5.01 Å². The first-order chi connectivity index (χ1) is 14.6. The fraction of sp³-hybridized carbons (Fsp3) is 0.227. The molecule has 0 fully saturated rings. The van der Waals surface area contributed by atoms with Gasteiger partial charge < -0.3 is 14.2 Å². The van der Waals surface area contributed by atoms with Crippen molar-refractivity contribution >= 4 is 40.3 Å². The molecule has 3 aromatic rings. The first-order valence-corrected chi connectivity index (χ1v) is 11.0. The summed E-state index contributed by atoms with van der Waals surface area (Å²) in [4.78, 5) is 1.06. The summed E-state index contributed by atoms with van der Waals surface area (Å²) in [7, 11) is 3.25. The predicted octanol–water partition coefficient (Wildman–Crippen LogP) is 6.31. The molecule has 8 heteroatoms. The van der Waals surface area contributed by atoms with E-state index in [4.69, 9.17) is 42.5 Å². The average molecular weight is 461 g/mol. The summed E-state index contributed by atoms with van der Waals surface area (Å²) in [6, 6.07) is 13.5. The second-order valence-corrected chi connectivity index (χ2v) is 8.83. The Balaban J connectivity index is 1.60. The second kappa shape index (κ2) is 7.69. The van der Waals surface area contributed by atoms with Crippen molar-refractivity contribution in [2.45, 2.75) is 18.7 Å². The van der Waals surface area contributed by atoms with Crippen LogP contribution in [0.15, 0.2) is 52.9 Å². The summed E-state index contributed by atoms with van der Waals surface area (Å²) in [6.45, 7) is 0. The number of fused-ring (bicyclic) bond motifs is 3. The lowest BCUT2D eigenvalue weighted by atomic mass is 9.96. The van der Waals surface area contributed by atoms with Gasteiger partial charge in [0, 0.05) is 22.6 Å². The van der Waals surface area contributed by atoms with Crippen LogP contribution in [0, 0.1) is 0 Å². The maximum atomic E-state index is 6.50. The number of hydrazone groups is 1. The Bertz CT molecular complexity index is 1130. The third-order valence-corrected chi connectivity index (χ3v) is 6.71. The maximum Gasteiger partial charge on any atom is 0.223 e. The van der Waals surface area contributed by atoms with Crippen LogP contribution in [-0.2, 0) is 0 Å². The molecule has 0 amide bonds. The molecule has 0 aliphatic carbocycles. The van der Waals surface area contributed by atoms with Gasteiger partial charge in [-0.2, -0.15) is 5.10 Å². The van der Waals surface area contributed by atoms with E-state index in [-0.39, 0.29) is 12.3 Å². The molecule has 0 bridgehead atoms. The van der Waals surface area contributed by atoms with Gasteiger partial charge in [-0.3, -0.25) is 0 Å². The number of benzene rings is 2. The van der Waals surface area contributed by atoms with Gasteiger partial charge in [0.2, 0.25) is 6.23 Å². The smallest absolute Gasteiger partial charge is 0.223 e. The highest BCUT2D eigenvalue weighted by Crippen LogP contribution is 2.51. The first-order valence-electron chi connectivity index (χ1n) is 9.36. The minimum atomic E-state index is -0.348. The number of rotatable bonds is 4. The van der Waals surface area contributed by atoms with Crippen LogP contribution in [0.3, 0.4) is 0 Å². The fourth-order valence-corrected chi connectivity index (χ4v) is 5.22. The van der Waals surface area contributed by atoms with Gasteiger partial charge >= 0.3 is 0 Å². The van der Waals surface area contributed by atoms with E-state index in [1.807, 2.05) is 46.8 Å². The van der Waals surface area contributed by atoms with E-state index >= 15 is 0 Å². The number of thiophene rings is 1. The molecule has 1 aromatic heterocycles. The summed E-state index contributed by atoms with van der Waals surface area (Å²) < 4.78 is 17.2. The van der Waals surface area contributed by atoms with Crippen molar-refractivity contribution in [2.24, 2.45) is 5.10 Å². The van der Waals surface area contributed by atoms with Crippen molar-refractivity contribution < 1.29 is 14.2 Å². The molecule has 0 radical (unpaired) electrons. The number of hydrogen-bond donors (Lipinski definition) is 0. The highest BCUT2D eigenvalue weighted by atomic mass is 35.5. The molecule has 0 spiro atoms. The summed E-state index contributed by atoms with van der Waals surface area (Å²) in [6.07, 6.45) is 0.350. The second-order valence-electron chi connectivity index (χ2n) is 7.01. The molecule has 3 heterocycles. The Morgan fingerprint density at radius 2 is 1.93 bits per heavy atom. The summed E-state index contributed by atoms with van der Waals surface area (Å²) in [5, 5.41) is 10.1. The van der Waals surface area contributed by atoms with Crippen molar-refractivity contribution in [1.29, 1.82) is 0 Å². The maximum absolute atomic E-state index is 6.50. The summed E-state index contributed by atoms with van der Waals surface area (Å²) in [5.41, 5.74) is 2.86. The highest BCUT2D eigenvalue weighted by Gasteiger charge is 2.42. The summed E-state index contributed by atoms with van der Waals surface area (Å²) >= 11 is 14.4. The Morgan fingerprint density at radius 1 is 1.10 bits per heavy atom. The Kier molecular flexibility index (Phi) is 5.01. The summed E-state index contributed by atoms with van der Waals surface area (Å²) in [5.74, 6) is 2.02. The van der Waals surface area contributed by atoms with Gasteiger partial charge in [-0.1, -0.05) is 29.3 Å².